The first-order chi connectivity index (χ1) is 15.0. The van der Waals surface area contributed by atoms with Crippen LogP contribution in [0.25, 0.3) is 0 Å². The van der Waals surface area contributed by atoms with E-state index in [0.717, 1.165) is 29.7 Å². The zero-order valence-corrected chi connectivity index (χ0v) is 17.7. The molecule has 2 aliphatic rings. The number of sulfonamides is 1. The molecule has 0 aromatic heterocycles. The highest BCUT2D eigenvalue weighted by Gasteiger charge is 2.31. The number of hydrogen-bond donors (Lipinski definition) is 1. The third-order valence-electron chi connectivity index (χ3n) is 5.64. The minimum Gasteiger partial charge on any atom is -0.457 e. The largest absolute Gasteiger partial charge is 0.457 e. The lowest BCUT2D eigenvalue weighted by molar-refractivity contribution is -0.119. The van der Waals surface area contributed by atoms with Gasteiger partial charge in [-0.2, -0.15) is 0 Å². The maximum Gasteiger partial charge on any atom is 0.261 e. The number of benzene rings is 3. The second kappa shape index (κ2) is 7.74. The van der Waals surface area contributed by atoms with E-state index in [1.807, 2.05) is 35.2 Å². The van der Waals surface area contributed by atoms with Crippen LogP contribution in [-0.2, 0) is 27.7 Å². The van der Waals surface area contributed by atoms with Crippen LogP contribution in [0.15, 0.2) is 71.6 Å². The van der Waals surface area contributed by atoms with Crippen LogP contribution in [0, 0.1) is 0 Å². The normalized spacial score (nSPS) is 15.4. The zero-order valence-electron chi connectivity index (χ0n) is 16.9. The van der Waals surface area contributed by atoms with Crippen molar-refractivity contribution in [2.45, 2.75) is 30.6 Å². The number of amides is 1. The number of hydrogen-bond acceptors (Lipinski definition) is 4. The molecule has 7 heteroatoms. The molecule has 31 heavy (non-hydrogen) atoms. The van der Waals surface area contributed by atoms with Gasteiger partial charge in [0.2, 0.25) is 5.91 Å². The molecule has 1 N–H and O–H groups in total. The Kier molecular flexibility index (Phi) is 4.90. The highest BCUT2D eigenvalue weighted by molar-refractivity contribution is 7.92. The van der Waals surface area contributed by atoms with Crippen molar-refractivity contribution in [2.24, 2.45) is 0 Å². The molecular formula is C24H22N2O4S. The molecule has 0 unspecified atom stereocenters. The number of carbonyl (C=O) groups is 1. The third-order valence-corrected chi connectivity index (χ3v) is 7.00. The summed E-state index contributed by atoms with van der Waals surface area (Å²) in [6.07, 6.45) is 2.62. The van der Waals surface area contributed by atoms with Crippen LogP contribution < -0.4 is 14.4 Å². The average molecular weight is 435 g/mol. The standard InChI is InChI=1S/C24H22N2O4S/c27-23-13-8-18-16-22(15-17-5-4-14-26(23)24(17)18)31(28,29)25-19-9-11-21(12-10-19)30-20-6-2-1-3-7-20/h1-3,6-7,9-12,15-16,25H,4-5,8,13-14H2. The molecule has 3 aromatic rings. The summed E-state index contributed by atoms with van der Waals surface area (Å²) in [4.78, 5) is 14.3. The van der Waals surface area contributed by atoms with E-state index < -0.39 is 10.0 Å². The number of ether oxygens (including phenoxy) is 1. The molecule has 3 aromatic carbocycles. The molecule has 0 spiro atoms. The van der Waals surface area contributed by atoms with E-state index in [2.05, 4.69) is 4.72 Å². The Bertz CT molecular complexity index is 1220. The van der Waals surface area contributed by atoms with Crippen molar-refractivity contribution in [3.8, 4) is 11.5 Å². The van der Waals surface area contributed by atoms with Crippen LogP contribution in [0.3, 0.4) is 0 Å². The molecule has 0 fully saturated rings. The molecule has 6 nitrogen and oxygen atoms in total. The fourth-order valence-corrected chi connectivity index (χ4v) is 5.37. The highest BCUT2D eigenvalue weighted by Crippen LogP contribution is 2.38. The van der Waals surface area contributed by atoms with Gasteiger partial charge in [0.15, 0.2) is 0 Å². The van der Waals surface area contributed by atoms with E-state index in [-0.39, 0.29) is 10.8 Å². The monoisotopic (exact) mass is 434 g/mol. The van der Waals surface area contributed by atoms with Gasteiger partial charge in [-0.15, -0.1) is 0 Å². The van der Waals surface area contributed by atoms with Crippen LogP contribution >= 0.6 is 0 Å². The van der Waals surface area contributed by atoms with E-state index in [0.29, 0.717) is 36.6 Å². The van der Waals surface area contributed by atoms with Gasteiger partial charge >= 0.3 is 0 Å². The molecule has 0 aliphatic carbocycles. The molecular weight excluding hydrogens is 412 g/mol. The van der Waals surface area contributed by atoms with Crippen molar-refractivity contribution < 1.29 is 17.9 Å². The second-order valence-corrected chi connectivity index (χ2v) is 9.47. The first-order valence-electron chi connectivity index (χ1n) is 10.3. The van der Waals surface area contributed by atoms with Gasteiger partial charge in [-0.1, -0.05) is 18.2 Å². The van der Waals surface area contributed by atoms with E-state index >= 15 is 0 Å². The maximum absolute atomic E-state index is 13.1. The van der Waals surface area contributed by atoms with Gasteiger partial charge in [-0.25, -0.2) is 8.42 Å². The summed E-state index contributed by atoms with van der Waals surface area (Å²) in [7, 11) is -3.75. The van der Waals surface area contributed by atoms with Crippen molar-refractivity contribution in [1.82, 2.24) is 0 Å². The maximum atomic E-state index is 13.1. The van der Waals surface area contributed by atoms with Crippen molar-refractivity contribution in [3.63, 3.8) is 0 Å². The number of carbonyl (C=O) groups excluding carboxylic acids is 1. The fraction of sp³-hybridized carbons (Fsp3) is 0.208. The lowest BCUT2D eigenvalue weighted by Gasteiger charge is -2.35. The number of rotatable bonds is 5. The molecule has 2 aliphatic heterocycles. The Morgan fingerprint density at radius 3 is 2.26 bits per heavy atom. The van der Waals surface area contributed by atoms with Gasteiger partial charge in [0.1, 0.15) is 11.5 Å². The van der Waals surface area contributed by atoms with E-state index in [1.165, 1.54) is 0 Å². The smallest absolute Gasteiger partial charge is 0.261 e. The van der Waals surface area contributed by atoms with Crippen LogP contribution in [0.2, 0.25) is 0 Å². The van der Waals surface area contributed by atoms with Gasteiger partial charge in [0.05, 0.1) is 10.6 Å². The molecule has 0 atom stereocenters. The second-order valence-electron chi connectivity index (χ2n) is 7.78. The highest BCUT2D eigenvalue weighted by atomic mass is 32.2. The summed E-state index contributed by atoms with van der Waals surface area (Å²) in [6, 6.07) is 19.6. The van der Waals surface area contributed by atoms with Crippen LogP contribution in [-0.4, -0.2) is 20.9 Å². The number of aryl methyl sites for hydroxylation is 2. The van der Waals surface area contributed by atoms with Crippen molar-refractivity contribution in [2.75, 3.05) is 16.2 Å². The number of nitrogens with zero attached hydrogens (tertiary/aromatic N) is 1. The topological polar surface area (TPSA) is 75.7 Å². The first kappa shape index (κ1) is 19.6. The SMILES string of the molecule is O=C1CCc2cc(S(=O)(=O)Nc3ccc(Oc4ccccc4)cc3)cc3c2N1CCC3. The summed E-state index contributed by atoms with van der Waals surface area (Å²) in [5.74, 6) is 1.46. The van der Waals surface area contributed by atoms with Crippen molar-refractivity contribution in [1.29, 1.82) is 0 Å². The number of nitrogens with one attached hydrogen (secondary N) is 1. The Hall–Kier alpha value is -3.32. The lowest BCUT2D eigenvalue weighted by atomic mass is 9.92. The summed E-state index contributed by atoms with van der Waals surface area (Å²) in [5.41, 5.74) is 3.25. The van der Waals surface area contributed by atoms with Crippen molar-refractivity contribution in [3.05, 3.63) is 77.9 Å². The lowest BCUT2D eigenvalue weighted by Crippen LogP contribution is -2.39. The van der Waals surface area contributed by atoms with Crippen LogP contribution in [0.4, 0.5) is 11.4 Å². The van der Waals surface area contributed by atoms with Gasteiger partial charge < -0.3 is 9.64 Å². The van der Waals surface area contributed by atoms with Crippen molar-refractivity contribution >= 4 is 27.3 Å². The van der Waals surface area contributed by atoms with Gasteiger partial charge in [-0.3, -0.25) is 9.52 Å². The molecule has 0 radical (unpaired) electrons. The molecule has 2 heterocycles. The fourth-order valence-electron chi connectivity index (χ4n) is 4.21. The number of para-hydroxylation sites is 1. The molecule has 158 valence electrons. The Labute approximate surface area is 181 Å². The number of anilines is 2. The average Bonchev–Trinajstić information content (AvgIpc) is 2.78. The van der Waals surface area contributed by atoms with Gasteiger partial charge in [0.25, 0.3) is 10.0 Å². The van der Waals surface area contributed by atoms with E-state index in [4.69, 9.17) is 4.74 Å². The van der Waals surface area contributed by atoms with Gasteiger partial charge in [-0.05, 0) is 78.9 Å². The Morgan fingerprint density at radius 2 is 1.52 bits per heavy atom. The predicted octanol–water partition coefficient (Wildman–Crippen LogP) is 4.51. The minimum absolute atomic E-state index is 0.125. The quantitative estimate of drug-likeness (QED) is 0.641. The molecule has 5 rings (SSSR count). The molecule has 0 bridgehead atoms. The van der Waals surface area contributed by atoms with Crippen LogP contribution in [0.5, 0.6) is 11.5 Å². The summed E-state index contributed by atoms with van der Waals surface area (Å²) in [6.45, 7) is 0.709. The Morgan fingerprint density at radius 1 is 0.839 bits per heavy atom. The van der Waals surface area contributed by atoms with E-state index in [9.17, 15) is 13.2 Å². The summed E-state index contributed by atoms with van der Waals surface area (Å²) >= 11 is 0. The molecule has 1 amide bonds. The third kappa shape index (κ3) is 3.88. The summed E-state index contributed by atoms with van der Waals surface area (Å²) < 4.78 is 34.6. The first-order valence-corrected chi connectivity index (χ1v) is 11.8. The van der Waals surface area contributed by atoms with Gasteiger partial charge in [0, 0.05) is 18.7 Å². The molecule has 0 saturated heterocycles. The predicted molar refractivity (Wildman–Crippen MR) is 119 cm³/mol. The van der Waals surface area contributed by atoms with E-state index in [1.54, 1.807) is 36.4 Å². The summed E-state index contributed by atoms with van der Waals surface area (Å²) in [5, 5.41) is 0. The zero-order chi connectivity index (χ0) is 21.4. The Balaban J connectivity index is 1.38. The minimum atomic E-state index is -3.75. The van der Waals surface area contributed by atoms with Crippen LogP contribution in [0.1, 0.15) is 24.0 Å². The molecule has 0 saturated carbocycles.